The van der Waals surface area contributed by atoms with Gasteiger partial charge < -0.3 is 29.3 Å². The third kappa shape index (κ3) is 6.92. The Morgan fingerprint density at radius 1 is 1.04 bits per heavy atom. The van der Waals surface area contributed by atoms with Crippen LogP contribution in [0.15, 0.2) is 29.3 Å². The fourth-order valence-corrected chi connectivity index (χ4v) is 3.16. The van der Waals surface area contributed by atoms with Gasteiger partial charge in [-0.2, -0.15) is 0 Å². The van der Waals surface area contributed by atoms with Gasteiger partial charge in [0.1, 0.15) is 5.75 Å². The smallest absolute Gasteiger partial charge is 0.193 e. The van der Waals surface area contributed by atoms with Crippen molar-refractivity contribution in [1.29, 1.82) is 0 Å². The van der Waals surface area contributed by atoms with Crippen molar-refractivity contribution < 1.29 is 14.2 Å². The van der Waals surface area contributed by atoms with Gasteiger partial charge in [-0.25, -0.2) is 0 Å². The van der Waals surface area contributed by atoms with Gasteiger partial charge in [-0.1, -0.05) is 12.1 Å². The topological polar surface area (TPSA) is 58.6 Å². The second-order valence-corrected chi connectivity index (χ2v) is 6.43. The van der Waals surface area contributed by atoms with E-state index in [0.717, 1.165) is 69.6 Å². The average Bonchev–Trinajstić information content (AvgIpc) is 2.73. The average molecular weight is 379 g/mol. The molecule has 1 aliphatic heterocycles. The Kier molecular flexibility index (Phi) is 9.79. The van der Waals surface area contributed by atoms with Crippen molar-refractivity contribution >= 4 is 11.6 Å². The minimum Gasteiger partial charge on any atom is -0.495 e. The van der Waals surface area contributed by atoms with Gasteiger partial charge in [-0.15, -0.1) is 0 Å². The molecule has 0 aromatic heterocycles. The maximum absolute atomic E-state index is 5.49. The first kappa shape index (κ1) is 21.3. The molecule has 0 radical (unpaired) electrons. The van der Waals surface area contributed by atoms with Crippen molar-refractivity contribution in [3.63, 3.8) is 0 Å². The van der Waals surface area contributed by atoms with Crippen LogP contribution in [0.1, 0.15) is 12.8 Å². The molecule has 0 atom stereocenters. The van der Waals surface area contributed by atoms with Crippen LogP contribution in [-0.2, 0) is 9.47 Å². The van der Waals surface area contributed by atoms with Crippen LogP contribution < -0.4 is 15.0 Å². The molecule has 1 aromatic rings. The minimum absolute atomic E-state index is 0.658. The van der Waals surface area contributed by atoms with Crippen LogP contribution in [0.5, 0.6) is 5.75 Å². The van der Waals surface area contributed by atoms with Crippen LogP contribution >= 0.6 is 0 Å². The SMILES string of the molecule is CN=C(NCCCCOCCOC)N1CCN(c2ccccc2OC)CC1. The van der Waals surface area contributed by atoms with Gasteiger partial charge in [0, 0.05) is 53.5 Å². The minimum atomic E-state index is 0.658. The molecule has 152 valence electrons. The van der Waals surface area contributed by atoms with E-state index in [-0.39, 0.29) is 0 Å². The van der Waals surface area contributed by atoms with Crippen molar-refractivity contribution in [2.24, 2.45) is 4.99 Å². The highest BCUT2D eigenvalue weighted by Crippen LogP contribution is 2.28. The Bertz CT molecular complexity index is 560. The second kappa shape index (κ2) is 12.4. The first-order chi connectivity index (χ1) is 13.3. The van der Waals surface area contributed by atoms with Crippen LogP contribution in [-0.4, -0.2) is 84.7 Å². The van der Waals surface area contributed by atoms with Gasteiger partial charge in [0.15, 0.2) is 5.96 Å². The monoisotopic (exact) mass is 378 g/mol. The number of para-hydroxylation sites is 2. The summed E-state index contributed by atoms with van der Waals surface area (Å²) < 4.78 is 15.9. The number of anilines is 1. The van der Waals surface area contributed by atoms with E-state index >= 15 is 0 Å². The maximum atomic E-state index is 5.49. The van der Waals surface area contributed by atoms with Gasteiger partial charge in [0.25, 0.3) is 0 Å². The zero-order valence-corrected chi connectivity index (χ0v) is 16.9. The van der Waals surface area contributed by atoms with Crippen LogP contribution in [0.4, 0.5) is 5.69 Å². The number of hydrogen-bond donors (Lipinski definition) is 1. The van der Waals surface area contributed by atoms with Gasteiger partial charge in [0.05, 0.1) is 26.0 Å². The molecule has 0 bridgehead atoms. The number of unbranched alkanes of at least 4 members (excludes halogenated alkanes) is 1. The number of rotatable bonds is 10. The van der Waals surface area contributed by atoms with Crippen LogP contribution in [0.3, 0.4) is 0 Å². The van der Waals surface area contributed by atoms with Crippen molar-refractivity contribution in [1.82, 2.24) is 10.2 Å². The number of aliphatic imine (C=N–C) groups is 1. The zero-order valence-electron chi connectivity index (χ0n) is 16.9. The molecule has 1 N–H and O–H groups in total. The van der Waals surface area contributed by atoms with Crippen molar-refractivity contribution in [3.8, 4) is 5.75 Å². The first-order valence-electron chi connectivity index (χ1n) is 9.70. The van der Waals surface area contributed by atoms with Gasteiger partial charge >= 0.3 is 0 Å². The standard InChI is InChI=1S/C20H34N4O3/c1-21-20(22-10-6-7-15-27-17-16-25-2)24-13-11-23(12-14-24)18-8-4-5-9-19(18)26-3/h4-5,8-9H,6-7,10-17H2,1-3H3,(H,21,22). The van der Waals surface area contributed by atoms with Crippen LogP contribution in [0.25, 0.3) is 0 Å². The summed E-state index contributed by atoms with van der Waals surface area (Å²) in [4.78, 5) is 9.14. The molecule has 1 fully saturated rings. The molecule has 0 saturated carbocycles. The second-order valence-electron chi connectivity index (χ2n) is 6.43. The normalized spacial score (nSPS) is 15.1. The number of piperazine rings is 1. The number of hydrogen-bond acceptors (Lipinski definition) is 5. The van der Waals surface area contributed by atoms with Gasteiger partial charge in [-0.05, 0) is 25.0 Å². The largest absolute Gasteiger partial charge is 0.495 e. The van der Waals surface area contributed by atoms with E-state index in [4.69, 9.17) is 14.2 Å². The Hall–Kier alpha value is -1.99. The molecule has 0 amide bonds. The third-order valence-electron chi connectivity index (χ3n) is 4.65. The lowest BCUT2D eigenvalue weighted by molar-refractivity contribution is 0.0689. The van der Waals surface area contributed by atoms with Gasteiger partial charge in [0.2, 0.25) is 0 Å². The molecule has 0 unspecified atom stereocenters. The van der Waals surface area contributed by atoms with E-state index in [1.807, 2.05) is 19.2 Å². The third-order valence-corrected chi connectivity index (χ3v) is 4.65. The Labute approximate surface area is 163 Å². The van der Waals surface area contributed by atoms with E-state index in [0.29, 0.717) is 13.2 Å². The number of nitrogens with zero attached hydrogens (tertiary/aromatic N) is 3. The maximum Gasteiger partial charge on any atom is 0.193 e. The molecule has 27 heavy (non-hydrogen) atoms. The summed E-state index contributed by atoms with van der Waals surface area (Å²) >= 11 is 0. The first-order valence-corrected chi connectivity index (χ1v) is 9.70. The summed E-state index contributed by atoms with van der Waals surface area (Å²) in [6.07, 6.45) is 2.10. The van der Waals surface area contributed by atoms with Crippen LogP contribution in [0.2, 0.25) is 0 Å². The Morgan fingerprint density at radius 2 is 1.81 bits per heavy atom. The summed E-state index contributed by atoms with van der Waals surface area (Å²) in [5.74, 6) is 1.91. The molecule has 1 aliphatic rings. The lowest BCUT2D eigenvalue weighted by Gasteiger charge is -2.38. The van der Waals surface area contributed by atoms with Crippen molar-refractivity contribution in [3.05, 3.63) is 24.3 Å². The Balaban J connectivity index is 1.69. The molecular weight excluding hydrogens is 344 g/mol. The number of guanidine groups is 1. The summed E-state index contributed by atoms with van der Waals surface area (Å²) in [5.41, 5.74) is 1.16. The Morgan fingerprint density at radius 3 is 2.52 bits per heavy atom. The quantitative estimate of drug-likeness (QED) is 0.381. The number of nitrogens with one attached hydrogen (secondary N) is 1. The lowest BCUT2D eigenvalue weighted by atomic mass is 10.2. The lowest BCUT2D eigenvalue weighted by Crippen LogP contribution is -2.52. The number of benzene rings is 1. The zero-order chi connectivity index (χ0) is 19.3. The molecule has 7 nitrogen and oxygen atoms in total. The van der Waals surface area contributed by atoms with E-state index in [1.165, 1.54) is 0 Å². The van der Waals surface area contributed by atoms with Gasteiger partial charge in [-0.3, -0.25) is 4.99 Å². The molecule has 0 spiro atoms. The summed E-state index contributed by atoms with van der Waals surface area (Å²) in [5, 5.41) is 3.47. The summed E-state index contributed by atoms with van der Waals surface area (Å²) in [6, 6.07) is 8.20. The fourth-order valence-electron chi connectivity index (χ4n) is 3.16. The highest BCUT2D eigenvalue weighted by molar-refractivity contribution is 5.80. The number of methoxy groups -OCH3 is 2. The predicted molar refractivity (Wildman–Crippen MR) is 110 cm³/mol. The van der Waals surface area contributed by atoms with Crippen molar-refractivity contribution in [2.45, 2.75) is 12.8 Å². The summed E-state index contributed by atoms with van der Waals surface area (Å²) in [7, 11) is 5.27. The van der Waals surface area contributed by atoms with E-state index in [1.54, 1.807) is 14.2 Å². The van der Waals surface area contributed by atoms with E-state index < -0.39 is 0 Å². The molecule has 1 saturated heterocycles. The van der Waals surface area contributed by atoms with Crippen LogP contribution in [0, 0.1) is 0 Å². The predicted octanol–water partition coefficient (Wildman–Crippen LogP) is 1.84. The molecular formula is C20H34N4O3. The molecule has 7 heteroatoms. The summed E-state index contributed by atoms with van der Waals surface area (Å²) in [6.45, 7) is 6.81. The van der Waals surface area contributed by atoms with E-state index in [9.17, 15) is 0 Å². The number of ether oxygens (including phenoxy) is 3. The van der Waals surface area contributed by atoms with E-state index in [2.05, 4.69) is 32.2 Å². The molecule has 1 aromatic carbocycles. The highest BCUT2D eigenvalue weighted by Gasteiger charge is 2.21. The molecule has 2 rings (SSSR count). The van der Waals surface area contributed by atoms with Crippen molar-refractivity contribution in [2.75, 3.05) is 78.7 Å². The molecule has 0 aliphatic carbocycles. The fraction of sp³-hybridized carbons (Fsp3) is 0.650. The highest BCUT2D eigenvalue weighted by atomic mass is 16.5. The molecule has 1 heterocycles.